The quantitative estimate of drug-likeness (QED) is 0.895. The summed E-state index contributed by atoms with van der Waals surface area (Å²) in [5.74, 6) is -0.133. The van der Waals surface area contributed by atoms with E-state index in [1.54, 1.807) is 4.90 Å². The number of ether oxygens (including phenoxy) is 1. The van der Waals surface area contributed by atoms with Crippen molar-refractivity contribution in [2.24, 2.45) is 0 Å². The number of aromatic nitrogens is 2. The van der Waals surface area contributed by atoms with Gasteiger partial charge >= 0.3 is 6.09 Å². The van der Waals surface area contributed by atoms with Crippen molar-refractivity contribution in [1.29, 1.82) is 0 Å². The van der Waals surface area contributed by atoms with Crippen LogP contribution in [0.5, 0.6) is 0 Å². The Morgan fingerprint density at radius 1 is 1.40 bits per heavy atom. The maximum absolute atomic E-state index is 12.2. The lowest BCUT2D eigenvalue weighted by Gasteiger charge is -2.16. The highest BCUT2D eigenvalue weighted by atomic mass is 16.6. The van der Waals surface area contributed by atoms with Gasteiger partial charge < -0.3 is 10.1 Å². The molecular weight excluding hydrogens is 320 g/mol. The lowest BCUT2D eigenvalue weighted by Crippen LogP contribution is -2.33. The number of anilines is 1. The van der Waals surface area contributed by atoms with Crippen molar-refractivity contribution >= 4 is 17.7 Å². The lowest BCUT2D eigenvalue weighted by atomic mass is 10.0. The SMILES string of the molecule is CC(=O)NC[C@H]1CN(c2ccc3c(c2)-c2[nH]ncc2CCC3)C(=O)O1. The third-order valence-corrected chi connectivity index (χ3v) is 4.74. The van der Waals surface area contributed by atoms with Crippen LogP contribution < -0.4 is 10.2 Å². The fourth-order valence-corrected chi connectivity index (χ4v) is 3.48. The van der Waals surface area contributed by atoms with Crippen LogP contribution in [-0.2, 0) is 22.4 Å². The van der Waals surface area contributed by atoms with Crippen LogP contribution in [0.15, 0.2) is 24.4 Å². The zero-order chi connectivity index (χ0) is 17.4. The molecule has 0 spiro atoms. The molecule has 2 heterocycles. The summed E-state index contributed by atoms with van der Waals surface area (Å²) in [5.41, 5.74) is 5.41. The molecule has 7 heteroatoms. The molecule has 0 bridgehead atoms. The molecule has 2 aromatic rings. The van der Waals surface area contributed by atoms with Crippen LogP contribution in [-0.4, -0.2) is 41.4 Å². The molecule has 1 aromatic carbocycles. The van der Waals surface area contributed by atoms with E-state index < -0.39 is 0 Å². The van der Waals surface area contributed by atoms with Crippen molar-refractivity contribution in [3.8, 4) is 11.3 Å². The smallest absolute Gasteiger partial charge is 0.414 e. The number of carbonyl (C=O) groups excluding carboxylic acids is 2. The summed E-state index contributed by atoms with van der Waals surface area (Å²) in [6.07, 6.45) is 4.26. The van der Waals surface area contributed by atoms with Gasteiger partial charge in [-0.15, -0.1) is 0 Å². The number of hydrogen-bond donors (Lipinski definition) is 2. The summed E-state index contributed by atoms with van der Waals surface area (Å²) in [4.78, 5) is 24.9. The standard InChI is InChI=1S/C18H20N4O3/c1-11(23)19-9-15-10-22(18(24)25-15)14-6-5-12-3-2-4-13-8-20-21-17(13)16(12)7-14/h5-8,15H,2-4,9-10H2,1H3,(H,19,23)(H,20,21)/t15-/m0/s1. The Morgan fingerprint density at radius 3 is 3.08 bits per heavy atom. The van der Waals surface area contributed by atoms with Crippen molar-refractivity contribution in [2.45, 2.75) is 32.3 Å². The number of aryl methyl sites for hydroxylation is 2. The summed E-state index contributed by atoms with van der Waals surface area (Å²) in [6, 6.07) is 6.07. The second-order valence-corrected chi connectivity index (χ2v) is 6.52. The van der Waals surface area contributed by atoms with Gasteiger partial charge in [0.2, 0.25) is 5.91 Å². The van der Waals surface area contributed by atoms with E-state index in [-0.39, 0.29) is 18.1 Å². The highest BCUT2D eigenvalue weighted by Gasteiger charge is 2.33. The molecule has 2 aliphatic rings. The van der Waals surface area contributed by atoms with Crippen molar-refractivity contribution in [2.75, 3.05) is 18.0 Å². The minimum absolute atomic E-state index is 0.133. The molecule has 4 rings (SSSR count). The van der Waals surface area contributed by atoms with Gasteiger partial charge in [-0.05, 0) is 42.5 Å². The maximum Gasteiger partial charge on any atom is 0.414 e. The van der Waals surface area contributed by atoms with Crippen LogP contribution in [0.2, 0.25) is 0 Å². The molecule has 1 atom stereocenters. The third-order valence-electron chi connectivity index (χ3n) is 4.74. The van der Waals surface area contributed by atoms with Crippen LogP contribution in [0.4, 0.5) is 10.5 Å². The Labute approximate surface area is 145 Å². The minimum Gasteiger partial charge on any atom is -0.442 e. The number of H-pyrrole nitrogens is 1. The first-order chi connectivity index (χ1) is 12.1. The summed E-state index contributed by atoms with van der Waals surface area (Å²) in [7, 11) is 0. The number of carbonyl (C=O) groups is 2. The molecule has 0 saturated carbocycles. The van der Waals surface area contributed by atoms with Gasteiger partial charge in [0.15, 0.2) is 0 Å². The number of cyclic esters (lactones) is 1. The van der Waals surface area contributed by atoms with Gasteiger partial charge in [0, 0.05) is 18.2 Å². The Bertz CT molecular complexity index is 829. The molecule has 1 aliphatic heterocycles. The Kier molecular flexibility index (Phi) is 3.91. The van der Waals surface area contributed by atoms with E-state index in [4.69, 9.17) is 4.74 Å². The first-order valence-electron chi connectivity index (χ1n) is 8.50. The van der Waals surface area contributed by atoms with Gasteiger partial charge in [-0.2, -0.15) is 5.10 Å². The predicted octanol–water partition coefficient (Wildman–Crippen LogP) is 2.03. The van der Waals surface area contributed by atoms with Gasteiger partial charge in [0.1, 0.15) is 6.10 Å². The van der Waals surface area contributed by atoms with Gasteiger partial charge in [0.25, 0.3) is 0 Å². The number of hydrogen-bond acceptors (Lipinski definition) is 4. The monoisotopic (exact) mass is 340 g/mol. The van der Waals surface area contributed by atoms with Crippen LogP contribution in [0, 0.1) is 0 Å². The summed E-state index contributed by atoms with van der Waals surface area (Å²) in [5, 5.41) is 9.95. The number of nitrogens with zero attached hydrogens (tertiary/aromatic N) is 2. The normalized spacial score (nSPS) is 19.0. The predicted molar refractivity (Wildman–Crippen MR) is 92.3 cm³/mol. The van der Waals surface area contributed by atoms with Crippen molar-refractivity contribution in [3.63, 3.8) is 0 Å². The molecule has 1 fully saturated rings. The Morgan fingerprint density at radius 2 is 2.24 bits per heavy atom. The zero-order valence-electron chi connectivity index (χ0n) is 14.0. The van der Waals surface area contributed by atoms with E-state index >= 15 is 0 Å². The summed E-state index contributed by atoms with van der Waals surface area (Å²) < 4.78 is 5.35. The number of nitrogens with one attached hydrogen (secondary N) is 2. The topological polar surface area (TPSA) is 87.3 Å². The van der Waals surface area contributed by atoms with E-state index in [0.717, 1.165) is 36.2 Å². The first kappa shape index (κ1) is 15.7. The van der Waals surface area contributed by atoms with E-state index in [9.17, 15) is 9.59 Å². The number of amides is 2. The van der Waals surface area contributed by atoms with Gasteiger partial charge in [-0.1, -0.05) is 6.07 Å². The van der Waals surface area contributed by atoms with E-state index in [0.29, 0.717) is 13.1 Å². The van der Waals surface area contributed by atoms with Gasteiger partial charge in [0.05, 0.1) is 25.0 Å². The molecule has 0 unspecified atom stereocenters. The largest absolute Gasteiger partial charge is 0.442 e. The van der Waals surface area contributed by atoms with Crippen molar-refractivity contribution < 1.29 is 14.3 Å². The molecule has 2 amide bonds. The maximum atomic E-state index is 12.2. The second kappa shape index (κ2) is 6.23. The third kappa shape index (κ3) is 2.97. The lowest BCUT2D eigenvalue weighted by molar-refractivity contribution is -0.119. The second-order valence-electron chi connectivity index (χ2n) is 6.52. The molecule has 2 N–H and O–H groups in total. The van der Waals surface area contributed by atoms with Crippen molar-refractivity contribution in [1.82, 2.24) is 15.5 Å². The molecule has 130 valence electrons. The molecule has 1 saturated heterocycles. The van der Waals surface area contributed by atoms with Crippen LogP contribution in [0.3, 0.4) is 0 Å². The van der Waals surface area contributed by atoms with Crippen molar-refractivity contribution in [3.05, 3.63) is 35.5 Å². The van der Waals surface area contributed by atoms with E-state index in [2.05, 4.69) is 21.6 Å². The number of benzene rings is 1. The van der Waals surface area contributed by atoms with E-state index in [1.165, 1.54) is 18.1 Å². The summed E-state index contributed by atoms with van der Waals surface area (Å²) in [6.45, 7) is 2.20. The van der Waals surface area contributed by atoms with Crippen LogP contribution in [0.25, 0.3) is 11.3 Å². The number of aromatic amines is 1. The number of fused-ring (bicyclic) bond motifs is 3. The van der Waals surface area contributed by atoms with Crippen LogP contribution in [0.1, 0.15) is 24.5 Å². The minimum atomic E-state index is -0.381. The first-order valence-corrected chi connectivity index (χ1v) is 8.50. The molecular formula is C18H20N4O3. The molecule has 1 aliphatic carbocycles. The Balaban J connectivity index is 1.61. The molecule has 1 aromatic heterocycles. The fraction of sp³-hybridized carbons (Fsp3) is 0.389. The van der Waals surface area contributed by atoms with E-state index in [1.807, 2.05) is 18.3 Å². The van der Waals surface area contributed by atoms with Crippen LogP contribution >= 0.6 is 0 Å². The fourth-order valence-electron chi connectivity index (χ4n) is 3.48. The van der Waals surface area contributed by atoms with Gasteiger partial charge in [-0.3, -0.25) is 14.8 Å². The Hall–Kier alpha value is -2.83. The highest BCUT2D eigenvalue weighted by Crippen LogP contribution is 2.34. The highest BCUT2D eigenvalue weighted by molar-refractivity contribution is 5.91. The molecule has 25 heavy (non-hydrogen) atoms. The number of rotatable bonds is 3. The summed E-state index contributed by atoms with van der Waals surface area (Å²) >= 11 is 0. The average Bonchev–Trinajstić information content (AvgIpc) is 3.16. The average molecular weight is 340 g/mol. The molecule has 7 nitrogen and oxygen atoms in total. The molecule has 0 radical (unpaired) electrons. The zero-order valence-corrected chi connectivity index (χ0v) is 14.0. The van der Waals surface area contributed by atoms with Gasteiger partial charge in [-0.25, -0.2) is 4.79 Å².